The molecule has 148 valence electrons. The van der Waals surface area contributed by atoms with E-state index in [1.165, 1.54) is 11.8 Å². The van der Waals surface area contributed by atoms with Gasteiger partial charge in [0.2, 0.25) is 5.91 Å². The molecule has 0 radical (unpaired) electrons. The average molecular weight is 401 g/mol. The van der Waals surface area contributed by atoms with Crippen molar-refractivity contribution in [3.05, 3.63) is 58.8 Å². The summed E-state index contributed by atoms with van der Waals surface area (Å²) < 4.78 is 3.38. The summed E-state index contributed by atoms with van der Waals surface area (Å²) in [6.45, 7) is 3.14. The second-order valence-electron chi connectivity index (χ2n) is 6.48. The Balaban J connectivity index is 1.56. The van der Waals surface area contributed by atoms with Gasteiger partial charge in [0.05, 0.1) is 17.6 Å². The fourth-order valence-corrected chi connectivity index (χ4v) is 3.60. The monoisotopic (exact) mass is 400 g/mol. The number of aromatic nitrogens is 5. The van der Waals surface area contributed by atoms with Gasteiger partial charge in [-0.2, -0.15) is 5.10 Å². The molecule has 1 aromatic carbocycles. The number of amides is 1. The van der Waals surface area contributed by atoms with E-state index in [-0.39, 0.29) is 17.3 Å². The van der Waals surface area contributed by atoms with Crippen molar-refractivity contribution in [2.75, 3.05) is 12.8 Å². The number of aromatic amines is 1. The molecule has 0 aliphatic carbocycles. The number of nitrogens with zero attached hydrogens (tertiary/aromatic N) is 5. The first-order chi connectivity index (χ1) is 13.6. The van der Waals surface area contributed by atoms with Crippen LogP contribution in [0.2, 0.25) is 0 Å². The zero-order valence-corrected chi connectivity index (χ0v) is 16.9. The maximum atomic E-state index is 12.5. The third kappa shape index (κ3) is 4.92. The Bertz CT molecular complexity index is 962. The number of rotatable bonds is 9. The Morgan fingerprint density at radius 1 is 1.29 bits per heavy atom. The second-order valence-corrected chi connectivity index (χ2v) is 7.43. The molecule has 1 N–H and O–H groups in total. The van der Waals surface area contributed by atoms with Crippen LogP contribution in [0.15, 0.2) is 52.7 Å². The van der Waals surface area contributed by atoms with E-state index in [4.69, 9.17) is 0 Å². The Kier molecular flexibility index (Phi) is 6.70. The fraction of sp³-hybridized carbons (Fsp3) is 0.368. The van der Waals surface area contributed by atoms with E-state index in [1.54, 1.807) is 27.4 Å². The van der Waals surface area contributed by atoms with Gasteiger partial charge in [-0.05, 0) is 18.6 Å². The highest BCUT2D eigenvalue weighted by atomic mass is 32.2. The molecule has 0 saturated carbocycles. The summed E-state index contributed by atoms with van der Waals surface area (Å²) in [4.78, 5) is 25.9. The fourth-order valence-electron chi connectivity index (χ4n) is 2.69. The number of nitrogens with one attached hydrogen (secondary N) is 1. The highest BCUT2D eigenvalue weighted by molar-refractivity contribution is 7.99. The standard InChI is InChI=1S/C19H24N6O2S/c1-3-4-10-24-18(27)21-22-19(24)28-14-17(26)23(2)12-15-11-20-25(13-15)16-8-6-5-7-9-16/h5-9,11,13H,3-4,10,12,14H2,1-2H3,(H,21,27). The predicted molar refractivity (Wildman–Crippen MR) is 109 cm³/mol. The normalized spacial score (nSPS) is 10.9. The molecule has 0 bridgehead atoms. The number of H-pyrrole nitrogens is 1. The predicted octanol–water partition coefficient (Wildman–Crippen LogP) is 2.31. The molecule has 1 amide bonds. The van der Waals surface area contributed by atoms with Crippen molar-refractivity contribution < 1.29 is 4.79 Å². The number of para-hydroxylation sites is 1. The van der Waals surface area contributed by atoms with Crippen LogP contribution in [-0.4, -0.2) is 48.2 Å². The van der Waals surface area contributed by atoms with Gasteiger partial charge in [-0.15, -0.1) is 5.10 Å². The molecule has 3 aromatic rings. The van der Waals surface area contributed by atoms with Crippen molar-refractivity contribution in [1.29, 1.82) is 0 Å². The number of hydrogen-bond donors (Lipinski definition) is 1. The summed E-state index contributed by atoms with van der Waals surface area (Å²) >= 11 is 1.28. The molecule has 9 heteroatoms. The summed E-state index contributed by atoms with van der Waals surface area (Å²) in [6.07, 6.45) is 5.56. The second kappa shape index (κ2) is 9.41. The largest absolute Gasteiger partial charge is 0.343 e. The molecule has 28 heavy (non-hydrogen) atoms. The summed E-state index contributed by atoms with van der Waals surface area (Å²) in [7, 11) is 1.76. The molecule has 0 unspecified atom stereocenters. The Morgan fingerprint density at radius 2 is 2.07 bits per heavy atom. The minimum absolute atomic E-state index is 0.0325. The SMILES string of the molecule is CCCCn1c(SCC(=O)N(C)Cc2cnn(-c3ccccc3)c2)n[nH]c1=O. The lowest BCUT2D eigenvalue weighted by molar-refractivity contribution is -0.127. The van der Waals surface area contributed by atoms with Crippen molar-refractivity contribution >= 4 is 17.7 Å². The summed E-state index contributed by atoms with van der Waals surface area (Å²) in [5.74, 6) is 0.190. The maximum Gasteiger partial charge on any atom is 0.343 e. The number of unbranched alkanes of at least 4 members (excludes halogenated alkanes) is 1. The van der Waals surface area contributed by atoms with Gasteiger partial charge in [0.15, 0.2) is 5.16 Å². The van der Waals surface area contributed by atoms with Gasteiger partial charge < -0.3 is 4.90 Å². The molecule has 0 spiro atoms. The molecular weight excluding hydrogens is 376 g/mol. The van der Waals surface area contributed by atoms with Crippen LogP contribution in [0.25, 0.3) is 5.69 Å². The highest BCUT2D eigenvalue weighted by Crippen LogP contribution is 2.15. The van der Waals surface area contributed by atoms with Gasteiger partial charge in [-0.3, -0.25) is 9.36 Å². The topological polar surface area (TPSA) is 88.8 Å². The van der Waals surface area contributed by atoms with E-state index in [9.17, 15) is 9.59 Å². The average Bonchev–Trinajstić information content (AvgIpc) is 3.31. The van der Waals surface area contributed by atoms with E-state index in [0.717, 1.165) is 24.1 Å². The summed E-state index contributed by atoms with van der Waals surface area (Å²) in [5.41, 5.74) is 1.69. The number of thioether (sulfide) groups is 1. The van der Waals surface area contributed by atoms with Gasteiger partial charge in [0.1, 0.15) is 0 Å². The number of benzene rings is 1. The molecule has 2 heterocycles. The molecular formula is C19H24N6O2S. The zero-order valence-electron chi connectivity index (χ0n) is 16.0. The Labute approximate surface area is 167 Å². The van der Waals surface area contributed by atoms with Crippen LogP contribution in [0, 0.1) is 0 Å². The summed E-state index contributed by atoms with van der Waals surface area (Å²) in [5, 5.41) is 11.4. The number of carbonyl (C=O) groups excluding carboxylic acids is 1. The van der Waals surface area contributed by atoms with Crippen molar-refractivity contribution in [3.63, 3.8) is 0 Å². The van der Waals surface area contributed by atoms with Crippen molar-refractivity contribution in [2.45, 2.75) is 38.0 Å². The van der Waals surface area contributed by atoms with Gasteiger partial charge in [-0.1, -0.05) is 43.3 Å². The number of hydrogen-bond acceptors (Lipinski definition) is 5. The molecule has 2 aromatic heterocycles. The third-order valence-electron chi connectivity index (χ3n) is 4.29. The van der Waals surface area contributed by atoms with E-state index < -0.39 is 0 Å². The summed E-state index contributed by atoms with van der Waals surface area (Å²) in [6, 6.07) is 9.82. The first-order valence-electron chi connectivity index (χ1n) is 9.19. The van der Waals surface area contributed by atoms with E-state index >= 15 is 0 Å². The van der Waals surface area contributed by atoms with E-state index in [1.807, 2.05) is 36.5 Å². The van der Waals surface area contributed by atoms with E-state index in [2.05, 4.69) is 22.2 Å². The highest BCUT2D eigenvalue weighted by Gasteiger charge is 2.15. The lowest BCUT2D eigenvalue weighted by atomic mass is 10.3. The zero-order chi connectivity index (χ0) is 19.9. The Hall–Kier alpha value is -2.81. The minimum Gasteiger partial charge on any atom is -0.341 e. The van der Waals surface area contributed by atoms with Gasteiger partial charge in [-0.25, -0.2) is 14.6 Å². The van der Waals surface area contributed by atoms with Crippen LogP contribution in [0.5, 0.6) is 0 Å². The molecule has 0 fully saturated rings. The van der Waals surface area contributed by atoms with Crippen molar-refractivity contribution in [3.8, 4) is 5.69 Å². The number of carbonyl (C=O) groups is 1. The lowest BCUT2D eigenvalue weighted by Crippen LogP contribution is -2.28. The van der Waals surface area contributed by atoms with Crippen LogP contribution in [0.4, 0.5) is 0 Å². The van der Waals surface area contributed by atoms with Crippen LogP contribution in [0.3, 0.4) is 0 Å². The molecule has 8 nitrogen and oxygen atoms in total. The first-order valence-corrected chi connectivity index (χ1v) is 10.2. The molecule has 0 aliphatic rings. The smallest absolute Gasteiger partial charge is 0.341 e. The van der Waals surface area contributed by atoms with Gasteiger partial charge in [0.25, 0.3) is 0 Å². The third-order valence-corrected chi connectivity index (χ3v) is 5.25. The molecule has 3 rings (SSSR count). The first kappa shape index (κ1) is 19.9. The van der Waals surface area contributed by atoms with Crippen LogP contribution in [-0.2, 0) is 17.9 Å². The van der Waals surface area contributed by atoms with E-state index in [0.29, 0.717) is 18.2 Å². The van der Waals surface area contributed by atoms with Gasteiger partial charge >= 0.3 is 5.69 Å². The maximum absolute atomic E-state index is 12.5. The van der Waals surface area contributed by atoms with Gasteiger partial charge in [0, 0.05) is 31.9 Å². The van der Waals surface area contributed by atoms with Crippen LogP contribution >= 0.6 is 11.8 Å². The Morgan fingerprint density at radius 3 is 2.82 bits per heavy atom. The minimum atomic E-state index is -0.231. The van der Waals surface area contributed by atoms with Crippen molar-refractivity contribution in [1.82, 2.24) is 29.4 Å². The van der Waals surface area contributed by atoms with Crippen molar-refractivity contribution in [2.24, 2.45) is 0 Å². The lowest BCUT2D eigenvalue weighted by Gasteiger charge is -2.15. The van der Waals surface area contributed by atoms with Crippen LogP contribution in [0.1, 0.15) is 25.3 Å². The molecule has 0 atom stereocenters. The van der Waals surface area contributed by atoms with Crippen LogP contribution < -0.4 is 5.69 Å². The molecule has 0 aliphatic heterocycles. The quantitative estimate of drug-likeness (QED) is 0.557. The molecule has 0 saturated heterocycles.